The Bertz CT molecular complexity index is 1520. The summed E-state index contributed by atoms with van der Waals surface area (Å²) in [5.74, 6) is -0.646. The first-order valence-corrected chi connectivity index (χ1v) is 16.7. The third-order valence-electron chi connectivity index (χ3n) is 8.02. The summed E-state index contributed by atoms with van der Waals surface area (Å²) in [5.41, 5.74) is 0.844. The minimum atomic E-state index is -0.623. The number of fused-ring (bicyclic) bond motifs is 2. The Morgan fingerprint density at radius 2 is 1.00 bits per heavy atom. The first-order chi connectivity index (χ1) is 22.4. The summed E-state index contributed by atoms with van der Waals surface area (Å²) in [6, 6.07) is 13.7. The minimum Gasteiger partial charge on any atom is -0.444 e. The molecule has 0 bridgehead atoms. The van der Waals surface area contributed by atoms with Crippen LogP contribution in [0.1, 0.15) is 120 Å². The predicted octanol–water partition coefficient (Wildman–Crippen LogP) is 6.80. The van der Waals surface area contributed by atoms with Gasteiger partial charge >= 0.3 is 12.2 Å². The van der Waals surface area contributed by atoms with Gasteiger partial charge in [-0.3, -0.25) is 19.3 Å². The average Bonchev–Trinajstić information content (AvgIpc) is 3.38. The molecule has 0 fully saturated rings. The van der Waals surface area contributed by atoms with Crippen molar-refractivity contribution in [3.8, 4) is 0 Å². The molecule has 49 heavy (non-hydrogen) atoms. The van der Waals surface area contributed by atoms with Gasteiger partial charge in [0.2, 0.25) is 0 Å². The van der Waals surface area contributed by atoms with Crippen molar-refractivity contribution in [2.45, 2.75) is 113 Å². The smallest absolute Gasteiger partial charge is 0.407 e. The molecule has 0 unspecified atom stereocenters. The second kappa shape index (κ2) is 14.6. The highest BCUT2D eigenvalue weighted by atomic mass is 16.6. The van der Waals surface area contributed by atoms with Gasteiger partial charge < -0.3 is 25.0 Å². The summed E-state index contributed by atoms with van der Waals surface area (Å²) in [5, 5.41) is 5.73. The number of amides is 5. The summed E-state index contributed by atoms with van der Waals surface area (Å²) in [6.45, 7) is 23.9. The van der Waals surface area contributed by atoms with Crippen molar-refractivity contribution in [2.75, 3.05) is 13.1 Å². The van der Waals surface area contributed by atoms with Crippen LogP contribution in [0.2, 0.25) is 0 Å². The first kappa shape index (κ1) is 39.0. The lowest BCUT2D eigenvalue weighted by molar-refractivity contribution is 0.0410. The van der Waals surface area contributed by atoms with E-state index >= 15 is 0 Å². The quantitative estimate of drug-likeness (QED) is 0.321. The van der Waals surface area contributed by atoms with Gasteiger partial charge in [0.25, 0.3) is 17.7 Å². The molecule has 0 saturated heterocycles. The fourth-order valence-corrected chi connectivity index (χ4v) is 5.24. The van der Waals surface area contributed by atoms with Gasteiger partial charge in [-0.15, -0.1) is 0 Å². The summed E-state index contributed by atoms with van der Waals surface area (Å²) in [7, 11) is 0. The number of rotatable bonds is 6. The molecule has 0 saturated carbocycles. The Morgan fingerprint density at radius 1 is 0.612 bits per heavy atom. The predicted molar refractivity (Wildman–Crippen MR) is 188 cm³/mol. The van der Waals surface area contributed by atoms with E-state index in [4.69, 9.17) is 9.47 Å². The van der Waals surface area contributed by atoms with Crippen LogP contribution in [-0.4, -0.2) is 76.1 Å². The maximum Gasteiger partial charge on any atom is 0.407 e. The molecule has 0 radical (unpaired) electrons. The zero-order valence-electron chi connectivity index (χ0n) is 31.1. The van der Waals surface area contributed by atoms with E-state index in [1.165, 1.54) is 4.90 Å². The van der Waals surface area contributed by atoms with Gasteiger partial charge in [0.15, 0.2) is 0 Å². The Hall–Kier alpha value is -4.41. The fraction of sp³-hybridized carbons (Fsp3) is 0.553. The van der Waals surface area contributed by atoms with Gasteiger partial charge in [0.1, 0.15) is 11.2 Å². The molecule has 0 aromatic heterocycles. The van der Waals surface area contributed by atoms with Crippen molar-refractivity contribution in [2.24, 2.45) is 10.8 Å². The Kier molecular flexibility index (Phi) is 11.6. The number of hydrogen-bond acceptors (Lipinski definition) is 7. The van der Waals surface area contributed by atoms with Gasteiger partial charge in [-0.25, -0.2) is 9.59 Å². The van der Waals surface area contributed by atoms with Crippen molar-refractivity contribution < 1.29 is 33.4 Å². The zero-order chi connectivity index (χ0) is 37.1. The van der Waals surface area contributed by atoms with Crippen molar-refractivity contribution >= 4 is 29.9 Å². The van der Waals surface area contributed by atoms with Gasteiger partial charge in [-0.2, -0.15) is 0 Å². The number of carbonyl (C=O) groups excluding carboxylic acids is 5. The topological polar surface area (TPSA) is 134 Å². The number of nitrogens with zero attached hydrogens (tertiary/aromatic N) is 2. The van der Waals surface area contributed by atoms with Crippen LogP contribution >= 0.6 is 0 Å². The third-order valence-corrected chi connectivity index (χ3v) is 8.02. The summed E-state index contributed by atoms with van der Waals surface area (Å²) in [6.07, 6.45) is -1.02. The number of imide groups is 1. The van der Waals surface area contributed by atoms with E-state index in [2.05, 4.69) is 10.6 Å². The third kappa shape index (κ3) is 10.8. The molecule has 0 spiro atoms. The Balaban J connectivity index is 0.000000266. The van der Waals surface area contributed by atoms with E-state index in [-0.39, 0.29) is 41.1 Å². The lowest BCUT2D eigenvalue weighted by Gasteiger charge is -2.35. The molecule has 268 valence electrons. The number of nitrogens with one attached hydrogen (secondary N) is 2. The highest BCUT2D eigenvalue weighted by molar-refractivity contribution is 6.21. The number of ether oxygens (including phenoxy) is 2. The summed E-state index contributed by atoms with van der Waals surface area (Å²) in [4.78, 5) is 64.9. The van der Waals surface area contributed by atoms with Gasteiger partial charge in [-0.05, 0) is 76.1 Å². The Labute approximate surface area is 291 Å². The van der Waals surface area contributed by atoms with E-state index in [0.717, 1.165) is 11.1 Å². The standard InChI is InChI=1S/C19H26N2O4.C19H28N2O3/c1-18(2,3)14(20-17(24)25-19(4,5)6)11-21-15(22)12-9-7-8-10-13(12)16(21)23;1-18(2,3)15(20-17(23)24-19(4,5)6)12-21-11-13-9-7-8-10-14(13)16(21)22/h7-10,14H,11H2,1-6H3,(H,20,24);7-10,15H,11-12H2,1-6H3,(H,20,23)/t14-;15-/m11/s1. The van der Waals surface area contributed by atoms with Crippen LogP contribution < -0.4 is 10.6 Å². The van der Waals surface area contributed by atoms with Crippen LogP contribution in [0.25, 0.3) is 0 Å². The monoisotopic (exact) mass is 678 g/mol. The average molecular weight is 679 g/mol. The molecule has 0 aliphatic carbocycles. The molecule has 2 aromatic carbocycles. The number of alkyl carbamates (subject to hydrolysis) is 2. The normalized spacial score (nSPS) is 15.9. The van der Waals surface area contributed by atoms with Crippen LogP contribution in [0.5, 0.6) is 0 Å². The van der Waals surface area contributed by atoms with Crippen LogP contribution in [0.3, 0.4) is 0 Å². The molecule has 2 atom stereocenters. The molecule has 11 nitrogen and oxygen atoms in total. The van der Waals surface area contributed by atoms with E-state index in [1.807, 2.05) is 86.6 Å². The summed E-state index contributed by atoms with van der Waals surface area (Å²) < 4.78 is 10.7. The van der Waals surface area contributed by atoms with Crippen LogP contribution in [0.4, 0.5) is 9.59 Å². The minimum absolute atomic E-state index is 0.0193. The van der Waals surface area contributed by atoms with E-state index < -0.39 is 29.4 Å². The van der Waals surface area contributed by atoms with E-state index in [0.29, 0.717) is 24.2 Å². The van der Waals surface area contributed by atoms with Gasteiger partial charge in [-0.1, -0.05) is 71.9 Å². The van der Waals surface area contributed by atoms with Crippen LogP contribution in [-0.2, 0) is 16.0 Å². The lowest BCUT2D eigenvalue weighted by atomic mass is 9.86. The molecular weight excluding hydrogens is 624 g/mol. The second-order valence-electron chi connectivity index (χ2n) is 16.7. The van der Waals surface area contributed by atoms with Crippen molar-refractivity contribution in [3.63, 3.8) is 0 Å². The lowest BCUT2D eigenvalue weighted by Crippen LogP contribution is -2.52. The maximum atomic E-state index is 12.6. The highest BCUT2D eigenvalue weighted by Crippen LogP contribution is 2.28. The maximum absolute atomic E-state index is 12.6. The van der Waals surface area contributed by atoms with Gasteiger partial charge in [0.05, 0.1) is 29.8 Å². The fourth-order valence-electron chi connectivity index (χ4n) is 5.24. The second-order valence-corrected chi connectivity index (χ2v) is 16.7. The van der Waals surface area contributed by atoms with Crippen LogP contribution in [0, 0.1) is 10.8 Å². The molecule has 2 aliphatic rings. The molecule has 4 rings (SSSR count). The first-order valence-electron chi connectivity index (χ1n) is 16.7. The molecule has 2 heterocycles. The molecule has 11 heteroatoms. The van der Waals surface area contributed by atoms with Crippen LogP contribution in [0.15, 0.2) is 48.5 Å². The molecule has 2 aromatic rings. The van der Waals surface area contributed by atoms with Crippen molar-refractivity contribution in [1.29, 1.82) is 0 Å². The number of hydrogen-bond donors (Lipinski definition) is 2. The SMILES string of the molecule is CC(C)(C)OC(=O)N[C@H](CN1C(=O)c2ccccc2C1=O)C(C)(C)C.CC(C)(C)OC(=O)N[C@H](CN1Cc2ccccc2C1=O)C(C)(C)C. The van der Waals surface area contributed by atoms with Crippen molar-refractivity contribution in [1.82, 2.24) is 20.4 Å². The van der Waals surface area contributed by atoms with Gasteiger partial charge in [0, 0.05) is 18.7 Å². The number of carbonyl (C=O) groups is 5. The zero-order valence-corrected chi connectivity index (χ0v) is 31.1. The van der Waals surface area contributed by atoms with E-state index in [1.54, 1.807) is 49.9 Å². The molecule has 2 aliphatic heterocycles. The van der Waals surface area contributed by atoms with E-state index in [9.17, 15) is 24.0 Å². The highest BCUT2D eigenvalue weighted by Gasteiger charge is 2.40. The molecule has 5 amide bonds. The molecule has 2 N–H and O–H groups in total. The molecular formula is C38H54N4O7. The largest absolute Gasteiger partial charge is 0.444 e. The van der Waals surface area contributed by atoms with Crippen molar-refractivity contribution in [3.05, 3.63) is 70.8 Å². The summed E-state index contributed by atoms with van der Waals surface area (Å²) >= 11 is 0. The number of benzene rings is 2. The Morgan fingerprint density at radius 3 is 1.39 bits per heavy atom.